The van der Waals surface area contributed by atoms with Crippen LogP contribution in [0.4, 0.5) is 0 Å². The Morgan fingerprint density at radius 2 is 2.17 bits per heavy atom. The van der Waals surface area contributed by atoms with Gasteiger partial charge in [-0.15, -0.1) is 11.3 Å². The number of aryl methyl sites for hydroxylation is 1. The van der Waals surface area contributed by atoms with E-state index in [1.807, 2.05) is 24.0 Å². The van der Waals surface area contributed by atoms with Crippen LogP contribution in [0.2, 0.25) is 5.02 Å². The molecule has 3 rings (SSSR count). The summed E-state index contributed by atoms with van der Waals surface area (Å²) in [6.45, 7) is 4.22. The highest BCUT2D eigenvalue weighted by Crippen LogP contribution is 2.26. The Balaban J connectivity index is 1.49. The van der Waals surface area contributed by atoms with E-state index in [1.165, 1.54) is 4.88 Å². The molecular formula is C17H19ClN2O2S. The number of pyridine rings is 1. The van der Waals surface area contributed by atoms with Crippen LogP contribution in [0.15, 0.2) is 30.6 Å². The monoisotopic (exact) mass is 350 g/mol. The highest BCUT2D eigenvalue weighted by atomic mass is 35.5. The molecule has 122 valence electrons. The molecule has 0 unspecified atom stereocenters. The van der Waals surface area contributed by atoms with E-state index < -0.39 is 0 Å². The Bertz CT molecular complexity index is 681. The Morgan fingerprint density at radius 3 is 2.83 bits per heavy atom. The molecule has 0 saturated carbocycles. The summed E-state index contributed by atoms with van der Waals surface area (Å²) in [5.41, 5.74) is 0. The molecule has 0 N–H and O–H groups in total. The van der Waals surface area contributed by atoms with Gasteiger partial charge in [0.2, 0.25) is 0 Å². The van der Waals surface area contributed by atoms with Gasteiger partial charge < -0.3 is 9.64 Å². The fraction of sp³-hybridized carbons (Fsp3) is 0.412. The molecule has 1 aliphatic rings. The topological polar surface area (TPSA) is 42.4 Å². The Labute approximate surface area is 145 Å². The summed E-state index contributed by atoms with van der Waals surface area (Å²) in [4.78, 5) is 20.3. The lowest BCUT2D eigenvalue weighted by molar-refractivity contribution is 0.0666. The van der Waals surface area contributed by atoms with Gasteiger partial charge in [0.15, 0.2) is 0 Å². The van der Waals surface area contributed by atoms with Crippen LogP contribution >= 0.6 is 22.9 Å². The van der Waals surface area contributed by atoms with Gasteiger partial charge in [0.1, 0.15) is 10.8 Å². The second kappa shape index (κ2) is 7.32. The van der Waals surface area contributed by atoms with E-state index >= 15 is 0 Å². The van der Waals surface area contributed by atoms with Crippen molar-refractivity contribution in [3.8, 4) is 5.75 Å². The zero-order valence-corrected chi connectivity index (χ0v) is 14.6. The van der Waals surface area contributed by atoms with Crippen LogP contribution in [-0.4, -0.2) is 35.5 Å². The number of aromatic nitrogens is 1. The molecule has 0 spiro atoms. The first kappa shape index (κ1) is 16.3. The highest BCUT2D eigenvalue weighted by Gasteiger charge is 2.24. The molecule has 1 aliphatic heterocycles. The number of nitrogens with zero attached hydrogens (tertiary/aromatic N) is 2. The molecule has 0 bridgehead atoms. The molecule has 0 radical (unpaired) electrons. The van der Waals surface area contributed by atoms with Gasteiger partial charge in [0.25, 0.3) is 5.91 Å². The van der Waals surface area contributed by atoms with Crippen molar-refractivity contribution in [1.82, 2.24) is 9.88 Å². The summed E-state index contributed by atoms with van der Waals surface area (Å²) >= 11 is 7.60. The number of ether oxygens (including phenoxy) is 1. The molecule has 6 heteroatoms. The summed E-state index contributed by atoms with van der Waals surface area (Å²) in [6, 6.07) is 5.69. The lowest BCUT2D eigenvalue weighted by atomic mass is 9.97. The van der Waals surface area contributed by atoms with Crippen LogP contribution in [-0.2, 0) is 0 Å². The largest absolute Gasteiger partial charge is 0.492 e. The maximum absolute atomic E-state index is 12.4. The average molecular weight is 351 g/mol. The lowest BCUT2D eigenvalue weighted by Crippen LogP contribution is -2.39. The van der Waals surface area contributed by atoms with E-state index in [-0.39, 0.29) is 5.91 Å². The molecule has 1 fully saturated rings. The molecule has 2 aromatic rings. The zero-order valence-electron chi connectivity index (χ0n) is 13.0. The predicted octanol–water partition coefficient (Wildman–Crippen LogP) is 4.04. The van der Waals surface area contributed by atoms with E-state index in [4.69, 9.17) is 16.3 Å². The first-order chi connectivity index (χ1) is 11.1. The average Bonchev–Trinajstić information content (AvgIpc) is 3.00. The van der Waals surface area contributed by atoms with Gasteiger partial charge in [-0.3, -0.25) is 9.78 Å². The summed E-state index contributed by atoms with van der Waals surface area (Å²) in [6.07, 6.45) is 5.17. The summed E-state index contributed by atoms with van der Waals surface area (Å²) in [7, 11) is 0. The fourth-order valence-electron chi connectivity index (χ4n) is 2.70. The molecule has 1 saturated heterocycles. The number of hydrogen-bond donors (Lipinski definition) is 0. The predicted molar refractivity (Wildman–Crippen MR) is 92.4 cm³/mol. The second-order valence-corrected chi connectivity index (χ2v) is 7.46. The van der Waals surface area contributed by atoms with Gasteiger partial charge in [0.05, 0.1) is 11.5 Å². The number of carbonyl (C=O) groups is 1. The van der Waals surface area contributed by atoms with E-state index in [0.717, 1.165) is 30.8 Å². The number of rotatable bonds is 4. The van der Waals surface area contributed by atoms with Crippen molar-refractivity contribution in [3.63, 3.8) is 0 Å². The fourth-order valence-corrected chi connectivity index (χ4v) is 3.70. The van der Waals surface area contributed by atoms with E-state index in [0.29, 0.717) is 23.3 Å². The Hall–Kier alpha value is -1.59. The van der Waals surface area contributed by atoms with Crippen molar-refractivity contribution in [2.75, 3.05) is 19.7 Å². The number of carbonyl (C=O) groups excluding carboxylic acids is 1. The molecule has 0 aliphatic carbocycles. The first-order valence-corrected chi connectivity index (χ1v) is 8.91. The van der Waals surface area contributed by atoms with Crippen molar-refractivity contribution >= 4 is 28.8 Å². The van der Waals surface area contributed by atoms with Gasteiger partial charge in [-0.1, -0.05) is 11.6 Å². The molecule has 2 aromatic heterocycles. The van der Waals surface area contributed by atoms with E-state index in [1.54, 1.807) is 29.8 Å². The minimum Gasteiger partial charge on any atom is -0.492 e. The Kier molecular flexibility index (Phi) is 5.18. The summed E-state index contributed by atoms with van der Waals surface area (Å²) in [5.74, 6) is 1.28. The molecule has 3 heterocycles. The lowest BCUT2D eigenvalue weighted by Gasteiger charge is -2.31. The van der Waals surface area contributed by atoms with Crippen LogP contribution < -0.4 is 4.74 Å². The van der Waals surface area contributed by atoms with Crippen molar-refractivity contribution in [2.45, 2.75) is 19.8 Å². The van der Waals surface area contributed by atoms with Crippen molar-refractivity contribution in [2.24, 2.45) is 5.92 Å². The van der Waals surface area contributed by atoms with Gasteiger partial charge >= 0.3 is 0 Å². The third-order valence-electron chi connectivity index (χ3n) is 4.06. The molecule has 0 aromatic carbocycles. The number of likely N-dealkylation sites (tertiary alicyclic amines) is 1. The minimum atomic E-state index is 0.152. The third-order valence-corrected chi connectivity index (χ3v) is 5.34. The molecule has 23 heavy (non-hydrogen) atoms. The molecule has 0 atom stereocenters. The first-order valence-electron chi connectivity index (χ1n) is 7.71. The quantitative estimate of drug-likeness (QED) is 0.835. The van der Waals surface area contributed by atoms with E-state index in [2.05, 4.69) is 4.98 Å². The van der Waals surface area contributed by atoms with Gasteiger partial charge in [-0.2, -0.15) is 0 Å². The van der Waals surface area contributed by atoms with Gasteiger partial charge in [0, 0.05) is 36.4 Å². The number of amides is 1. The number of piperidine rings is 1. The van der Waals surface area contributed by atoms with Crippen LogP contribution in [0.5, 0.6) is 5.75 Å². The van der Waals surface area contributed by atoms with Gasteiger partial charge in [-0.05, 0) is 37.8 Å². The molecule has 4 nitrogen and oxygen atoms in total. The third kappa shape index (κ3) is 4.03. The highest BCUT2D eigenvalue weighted by molar-refractivity contribution is 7.13. The van der Waals surface area contributed by atoms with Crippen molar-refractivity contribution in [3.05, 3.63) is 45.4 Å². The van der Waals surface area contributed by atoms with Crippen LogP contribution in [0.1, 0.15) is 27.4 Å². The molecular weight excluding hydrogens is 332 g/mol. The number of hydrogen-bond acceptors (Lipinski definition) is 4. The second-order valence-electron chi connectivity index (χ2n) is 5.76. The van der Waals surface area contributed by atoms with Crippen LogP contribution in [0, 0.1) is 12.8 Å². The van der Waals surface area contributed by atoms with Crippen molar-refractivity contribution in [1.29, 1.82) is 0 Å². The normalized spacial score (nSPS) is 15.7. The smallest absolute Gasteiger partial charge is 0.263 e. The van der Waals surface area contributed by atoms with Crippen LogP contribution in [0.3, 0.4) is 0 Å². The Morgan fingerprint density at radius 1 is 1.39 bits per heavy atom. The minimum absolute atomic E-state index is 0.152. The zero-order chi connectivity index (χ0) is 16.2. The SMILES string of the molecule is Cc1ccc(C(=O)N2CCC(COc3ccncc3Cl)CC2)s1. The van der Waals surface area contributed by atoms with Crippen LogP contribution in [0.25, 0.3) is 0 Å². The van der Waals surface area contributed by atoms with Gasteiger partial charge in [-0.25, -0.2) is 0 Å². The number of thiophene rings is 1. The number of halogens is 1. The molecule has 1 amide bonds. The maximum atomic E-state index is 12.4. The van der Waals surface area contributed by atoms with E-state index in [9.17, 15) is 4.79 Å². The van der Waals surface area contributed by atoms with Crippen molar-refractivity contribution < 1.29 is 9.53 Å². The standard InChI is InChI=1S/C17H19ClN2O2S/c1-12-2-3-16(23-12)17(21)20-8-5-13(6-9-20)11-22-15-4-7-19-10-14(15)18/h2-4,7,10,13H,5-6,8-9,11H2,1H3. The summed E-state index contributed by atoms with van der Waals surface area (Å²) < 4.78 is 5.79. The maximum Gasteiger partial charge on any atom is 0.263 e. The summed E-state index contributed by atoms with van der Waals surface area (Å²) in [5, 5.41) is 0.535.